The number of amides is 3. The van der Waals surface area contributed by atoms with E-state index in [1.165, 1.54) is 16.2 Å². The maximum Gasteiger partial charge on any atom is 0.325 e. The van der Waals surface area contributed by atoms with Crippen LogP contribution in [-0.2, 0) is 23.3 Å². The van der Waals surface area contributed by atoms with Crippen molar-refractivity contribution in [3.63, 3.8) is 0 Å². The third-order valence-electron chi connectivity index (χ3n) is 4.68. The second-order valence-corrected chi connectivity index (χ2v) is 7.43. The zero-order valence-electron chi connectivity index (χ0n) is 13.5. The first-order valence-electron chi connectivity index (χ1n) is 7.76. The highest BCUT2D eigenvalue weighted by atomic mass is 32.1. The van der Waals surface area contributed by atoms with Crippen LogP contribution in [0.3, 0.4) is 0 Å². The van der Waals surface area contributed by atoms with Gasteiger partial charge in [0.25, 0.3) is 5.91 Å². The van der Waals surface area contributed by atoms with E-state index in [-0.39, 0.29) is 18.5 Å². The van der Waals surface area contributed by atoms with E-state index in [1.54, 1.807) is 13.3 Å². The van der Waals surface area contributed by atoms with E-state index >= 15 is 0 Å². The second kappa shape index (κ2) is 5.31. The van der Waals surface area contributed by atoms with E-state index < -0.39 is 5.54 Å². The minimum atomic E-state index is -0.965. The molecule has 0 bridgehead atoms. The molecule has 124 valence electrons. The molecule has 1 N–H and O–H groups in total. The van der Waals surface area contributed by atoms with Crippen molar-refractivity contribution in [2.45, 2.75) is 31.8 Å². The van der Waals surface area contributed by atoms with Gasteiger partial charge >= 0.3 is 6.03 Å². The minimum Gasteiger partial charge on any atom is -0.497 e. The van der Waals surface area contributed by atoms with Crippen LogP contribution in [0.4, 0.5) is 4.79 Å². The summed E-state index contributed by atoms with van der Waals surface area (Å²) in [5, 5.41) is 3.68. The number of imide groups is 1. The van der Waals surface area contributed by atoms with Gasteiger partial charge in [-0.1, -0.05) is 6.07 Å². The number of rotatable bonds is 3. The van der Waals surface area contributed by atoms with E-state index in [0.29, 0.717) is 12.2 Å². The number of methoxy groups -OCH3 is 1. The molecule has 6 nitrogen and oxygen atoms in total. The molecule has 1 saturated heterocycles. The molecule has 1 aliphatic heterocycles. The Morgan fingerprint density at radius 3 is 2.96 bits per heavy atom. The lowest BCUT2D eigenvalue weighted by molar-refractivity contribution is -0.132. The summed E-state index contributed by atoms with van der Waals surface area (Å²) in [4.78, 5) is 32.1. The number of aromatic nitrogens is 1. The van der Waals surface area contributed by atoms with Gasteiger partial charge in [0, 0.05) is 11.1 Å². The molecule has 2 aromatic rings. The number of carbonyl (C=O) groups excluding carboxylic acids is 2. The van der Waals surface area contributed by atoms with Crippen molar-refractivity contribution in [2.24, 2.45) is 0 Å². The van der Waals surface area contributed by atoms with Crippen LogP contribution in [-0.4, -0.2) is 28.9 Å². The quantitative estimate of drug-likeness (QED) is 0.869. The average molecular weight is 343 g/mol. The lowest BCUT2D eigenvalue weighted by atomic mass is 9.91. The molecule has 1 aromatic heterocycles. The number of hydrogen-bond donors (Lipinski definition) is 1. The zero-order chi connectivity index (χ0) is 16.9. The molecule has 2 heterocycles. The Kier molecular flexibility index (Phi) is 3.35. The zero-order valence-corrected chi connectivity index (χ0v) is 14.3. The van der Waals surface area contributed by atoms with Crippen LogP contribution in [0.5, 0.6) is 5.75 Å². The number of thiazole rings is 1. The Labute approximate surface area is 143 Å². The van der Waals surface area contributed by atoms with Gasteiger partial charge in [0.15, 0.2) is 0 Å². The van der Waals surface area contributed by atoms with Crippen LogP contribution >= 0.6 is 11.3 Å². The lowest BCUT2D eigenvalue weighted by Crippen LogP contribution is -2.41. The van der Waals surface area contributed by atoms with Crippen molar-refractivity contribution in [2.75, 3.05) is 7.11 Å². The van der Waals surface area contributed by atoms with E-state index in [2.05, 4.69) is 10.3 Å². The van der Waals surface area contributed by atoms with Crippen LogP contribution in [0.15, 0.2) is 24.4 Å². The van der Waals surface area contributed by atoms with Gasteiger partial charge in [-0.15, -0.1) is 11.3 Å². The van der Waals surface area contributed by atoms with Gasteiger partial charge in [0.05, 0.1) is 13.7 Å². The molecule has 1 spiro atoms. The molecule has 1 atom stereocenters. The van der Waals surface area contributed by atoms with Gasteiger partial charge in [-0.05, 0) is 43.0 Å². The number of nitrogens with zero attached hydrogens (tertiary/aromatic N) is 2. The summed E-state index contributed by atoms with van der Waals surface area (Å²) in [5.74, 6) is 0.485. The summed E-state index contributed by atoms with van der Waals surface area (Å²) in [6.07, 6.45) is 3.09. The van der Waals surface area contributed by atoms with Gasteiger partial charge in [0.2, 0.25) is 0 Å². The molecule has 24 heavy (non-hydrogen) atoms. The van der Waals surface area contributed by atoms with Crippen LogP contribution in [0.2, 0.25) is 0 Å². The summed E-state index contributed by atoms with van der Waals surface area (Å²) in [7, 11) is 1.59. The van der Waals surface area contributed by atoms with Crippen LogP contribution in [0, 0.1) is 6.92 Å². The Bertz CT molecular complexity index is 847. The van der Waals surface area contributed by atoms with Gasteiger partial charge < -0.3 is 10.1 Å². The molecule has 3 amide bonds. The molecule has 1 aliphatic carbocycles. The second-order valence-electron chi connectivity index (χ2n) is 6.11. The molecule has 2 aliphatic rings. The molecule has 4 rings (SSSR count). The summed E-state index contributed by atoms with van der Waals surface area (Å²) >= 11 is 1.50. The van der Waals surface area contributed by atoms with E-state index in [4.69, 9.17) is 4.74 Å². The first kappa shape index (κ1) is 15.1. The number of benzene rings is 1. The van der Waals surface area contributed by atoms with Crippen molar-refractivity contribution in [3.05, 3.63) is 45.4 Å². The highest BCUT2D eigenvalue weighted by Crippen LogP contribution is 2.43. The van der Waals surface area contributed by atoms with Crippen LogP contribution in [0.1, 0.15) is 27.4 Å². The molecule has 7 heteroatoms. The molecule has 0 unspecified atom stereocenters. The topological polar surface area (TPSA) is 71.5 Å². The monoisotopic (exact) mass is 343 g/mol. The van der Waals surface area contributed by atoms with Crippen molar-refractivity contribution >= 4 is 23.3 Å². The molecule has 0 saturated carbocycles. The fraction of sp³-hybridized carbons (Fsp3) is 0.353. The SMILES string of the molecule is COc1ccc2c(c1)[C@@]1(CC2)NC(=O)N(Cc2ncc(C)s2)C1=O. The van der Waals surface area contributed by atoms with Gasteiger partial charge in [-0.3, -0.25) is 9.69 Å². The highest BCUT2D eigenvalue weighted by Gasteiger charge is 2.55. The van der Waals surface area contributed by atoms with E-state index in [9.17, 15) is 9.59 Å². The Morgan fingerprint density at radius 2 is 2.25 bits per heavy atom. The van der Waals surface area contributed by atoms with E-state index in [1.807, 2.05) is 25.1 Å². The fourth-order valence-electron chi connectivity index (χ4n) is 3.49. The summed E-state index contributed by atoms with van der Waals surface area (Å²) < 4.78 is 5.28. The number of hydrogen-bond acceptors (Lipinski definition) is 5. The molecule has 1 fully saturated rings. The maximum absolute atomic E-state index is 13.1. The summed E-state index contributed by atoms with van der Waals surface area (Å²) in [6.45, 7) is 2.16. The Balaban J connectivity index is 1.69. The summed E-state index contributed by atoms with van der Waals surface area (Å²) in [5.41, 5.74) is 0.960. The average Bonchev–Trinajstić information content (AvgIpc) is 3.22. The van der Waals surface area contributed by atoms with Gasteiger partial charge in [-0.25, -0.2) is 9.78 Å². The molecule has 1 aromatic carbocycles. The normalized spacial score (nSPS) is 22.2. The standard InChI is InChI=1S/C17H17N3O3S/c1-10-8-18-14(24-10)9-20-15(21)17(19-16(20)22)6-5-11-3-4-12(23-2)7-13(11)17/h3-4,7-8H,5-6,9H2,1-2H3,(H,19,22)/t17-/m1/s1. The third-order valence-corrected chi connectivity index (χ3v) is 5.58. The number of fused-ring (bicyclic) bond motifs is 2. The highest BCUT2D eigenvalue weighted by molar-refractivity contribution is 7.11. The van der Waals surface area contributed by atoms with Gasteiger partial charge in [-0.2, -0.15) is 0 Å². The first-order chi connectivity index (χ1) is 11.5. The van der Waals surface area contributed by atoms with Crippen molar-refractivity contribution in [3.8, 4) is 5.75 Å². The Hall–Kier alpha value is -2.41. The Morgan fingerprint density at radius 1 is 1.42 bits per heavy atom. The molecular formula is C17H17N3O3S. The van der Waals surface area contributed by atoms with Crippen molar-refractivity contribution in [1.82, 2.24) is 15.2 Å². The third kappa shape index (κ3) is 2.11. The van der Waals surface area contributed by atoms with Crippen LogP contribution in [0.25, 0.3) is 0 Å². The van der Waals surface area contributed by atoms with Gasteiger partial charge in [0.1, 0.15) is 16.3 Å². The minimum absolute atomic E-state index is 0.202. The van der Waals surface area contributed by atoms with Crippen molar-refractivity contribution < 1.29 is 14.3 Å². The predicted molar refractivity (Wildman–Crippen MR) is 88.9 cm³/mol. The molecular weight excluding hydrogens is 326 g/mol. The first-order valence-corrected chi connectivity index (χ1v) is 8.58. The number of urea groups is 1. The lowest BCUT2D eigenvalue weighted by Gasteiger charge is -2.22. The smallest absolute Gasteiger partial charge is 0.325 e. The summed E-state index contributed by atoms with van der Waals surface area (Å²) in [6, 6.07) is 5.35. The molecule has 0 radical (unpaired) electrons. The number of carbonyl (C=O) groups is 2. The maximum atomic E-state index is 13.1. The fourth-order valence-corrected chi connectivity index (χ4v) is 4.26. The number of ether oxygens (including phenoxy) is 1. The van der Waals surface area contributed by atoms with Crippen molar-refractivity contribution in [1.29, 1.82) is 0 Å². The van der Waals surface area contributed by atoms with Crippen LogP contribution < -0.4 is 10.1 Å². The largest absolute Gasteiger partial charge is 0.497 e. The predicted octanol–water partition coefficient (Wildman–Crippen LogP) is 2.35. The van der Waals surface area contributed by atoms with E-state index in [0.717, 1.165) is 27.4 Å². The number of nitrogens with one attached hydrogen (secondary N) is 1. The number of aryl methyl sites for hydroxylation is 2.